The van der Waals surface area contributed by atoms with Gasteiger partial charge in [-0.3, -0.25) is 9.78 Å². The first-order chi connectivity index (χ1) is 15.8. The van der Waals surface area contributed by atoms with Gasteiger partial charge in [0.2, 0.25) is 0 Å². The summed E-state index contributed by atoms with van der Waals surface area (Å²) in [5, 5.41) is 0. The highest BCUT2D eigenvalue weighted by Gasteiger charge is 2.52. The van der Waals surface area contributed by atoms with Crippen molar-refractivity contribution in [2.75, 3.05) is 0 Å². The first-order valence-electron chi connectivity index (χ1n) is 11.5. The Labute approximate surface area is 191 Å². The molecule has 3 nitrogen and oxygen atoms in total. The number of allylic oxidation sites excluding steroid dienone is 3. The van der Waals surface area contributed by atoms with Crippen LogP contribution in [0.25, 0.3) is 17.2 Å². The lowest BCUT2D eigenvalue weighted by Gasteiger charge is -2.41. The van der Waals surface area contributed by atoms with E-state index in [0.29, 0.717) is 17.0 Å². The lowest BCUT2D eigenvalue weighted by atomic mass is 9.61. The van der Waals surface area contributed by atoms with E-state index >= 15 is 0 Å². The third kappa shape index (κ3) is 4.23. The fraction of sp³-hybridized carbons (Fsp3) is 0.407. The van der Waals surface area contributed by atoms with Gasteiger partial charge in [0.15, 0.2) is 0 Å². The minimum Gasteiger partial charge on any atom is -0.462 e. The number of ether oxygens (including phenoxy) is 1. The predicted octanol–water partition coefficient (Wildman–Crippen LogP) is 6.70. The van der Waals surface area contributed by atoms with E-state index in [1.54, 1.807) is 18.3 Å². The van der Waals surface area contributed by atoms with Crippen LogP contribution < -0.4 is 0 Å². The molecule has 2 fully saturated rings. The molecule has 0 amide bonds. The molecule has 2 heterocycles. The zero-order valence-corrected chi connectivity index (χ0v) is 18.4. The lowest BCUT2D eigenvalue weighted by molar-refractivity contribution is -0.143. The molecule has 1 aromatic carbocycles. The second-order valence-electron chi connectivity index (χ2n) is 9.33. The van der Waals surface area contributed by atoms with Crippen LogP contribution in [-0.4, -0.2) is 17.1 Å². The number of nitrogens with zero attached hydrogens (tertiary/aromatic N) is 1. The van der Waals surface area contributed by atoms with E-state index < -0.39 is 11.7 Å². The van der Waals surface area contributed by atoms with E-state index in [9.17, 15) is 18.0 Å². The average molecular weight is 454 g/mol. The number of pyridine rings is 1. The van der Waals surface area contributed by atoms with E-state index in [0.717, 1.165) is 43.5 Å². The van der Waals surface area contributed by atoms with E-state index in [4.69, 9.17) is 4.74 Å². The fourth-order valence-electron chi connectivity index (χ4n) is 5.81. The molecule has 172 valence electrons. The third-order valence-corrected chi connectivity index (χ3v) is 7.38. The molecule has 0 N–H and O–H groups in total. The Morgan fingerprint density at radius 3 is 2.73 bits per heavy atom. The largest absolute Gasteiger partial charge is 0.462 e. The van der Waals surface area contributed by atoms with Crippen molar-refractivity contribution in [1.82, 2.24) is 4.98 Å². The maximum absolute atomic E-state index is 13.0. The molecule has 5 atom stereocenters. The summed E-state index contributed by atoms with van der Waals surface area (Å²) in [4.78, 5) is 16.9. The maximum atomic E-state index is 13.0. The van der Waals surface area contributed by atoms with Gasteiger partial charge < -0.3 is 4.74 Å². The molecule has 0 spiro atoms. The summed E-state index contributed by atoms with van der Waals surface area (Å²) in [5.74, 6) is 0.642. The molecule has 2 aromatic rings. The van der Waals surface area contributed by atoms with Gasteiger partial charge in [0.05, 0.1) is 17.2 Å². The number of carbonyl (C=O) groups is 1. The van der Waals surface area contributed by atoms with Gasteiger partial charge in [0.25, 0.3) is 0 Å². The topological polar surface area (TPSA) is 39.2 Å². The standard InChI is InChI=1S/C27H26F3NO2/c1-16-25-23(22-8-3-2-5-18(22)14-24(25)26(32)33-16)12-11-21-10-9-19(15-31-21)17-6-4-7-20(13-17)27(28,29)30/h4-7,9-13,15-16,22-25H,2-3,8,14H2,1H3/b12-11+/t16-,22-,23+,24-,25+/m1/s1. The summed E-state index contributed by atoms with van der Waals surface area (Å²) in [6.45, 7) is 1.99. The van der Waals surface area contributed by atoms with E-state index in [1.807, 2.05) is 19.1 Å². The number of aromatic nitrogens is 1. The Morgan fingerprint density at radius 1 is 1.12 bits per heavy atom. The van der Waals surface area contributed by atoms with Crippen LogP contribution in [-0.2, 0) is 15.7 Å². The smallest absolute Gasteiger partial charge is 0.416 e. The van der Waals surface area contributed by atoms with Crippen LogP contribution in [0.5, 0.6) is 0 Å². The van der Waals surface area contributed by atoms with Crippen molar-refractivity contribution >= 4 is 12.0 Å². The second kappa shape index (κ2) is 8.47. The predicted molar refractivity (Wildman–Crippen MR) is 120 cm³/mol. The Morgan fingerprint density at radius 2 is 1.97 bits per heavy atom. The van der Waals surface area contributed by atoms with Gasteiger partial charge in [0, 0.05) is 17.7 Å². The van der Waals surface area contributed by atoms with Crippen molar-refractivity contribution in [1.29, 1.82) is 0 Å². The normalized spacial score (nSPS) is 29.4. The van der Waals surface area contributed by atoms with E-state index in [-0.39, 0.29) is 29.8 Å². The van der Waals surface area contributed by atoms with Crippen molar-refractivity contribution in [3.05, 3.63) is 71.6 Å². The van der Waals surface area contributed by atoms with Gasteiger partial charge in [-0.15, -0.1) is 0 Å². The Balaban J connectivity index is 1.39. The number of fused-ring (bicyclic) bond motifs is 2. The number of hydrogen-bond acceptors (Lipinski definition) is 3. The SMILES string of the molecule is C[C@H]1OC(=O)[C@@H]2CC3=CCCC[C@H]3[C@H](/C=C/c3ccc(-c4cccc(C(F)(F)F)c4)cn3)[C@H]12. The quantitative estimate of drug-likeness (QED) is 0.383. The molecule has 33 heavy (non-hydrogen) atoms. The number of benzene rings is 1. The van der Waals surface area contributed by atoms with Gasteiger partial charge in [0.1, 0.15) is 6.10 Å². The van der Waals surface area contributed by atoms with Gasteiger partial charge >= 0.3 is 12.1 Å². The van der Waals surface area contributed by atoms with E-state index in [2.05, 4.69) is 17.1 Å². The second-order valence-corrected chi connectivity index (χ2v) is 9.33. The number of rotatable bonds is 3. The Kier molecular flexibility index (Phi) is 5.63. The van der Waals surface area contributed by atoms with Crippen LogP contribution in [0.3, 0.4) is 0 Å². The molecule has 2 aliphatic carbocycles. The van der Waals surface area contributed by atoms with Crippen molar-refractivity contribution in [3.8, 4) is 11.1 Å². The minimum absolute atomic E-state index is 0.0773. The first kappa shape index (κ1) is 21.9. The molecule has 3 aliphatic rings. The highest BCUT2D eigenvalue weighted by Crippen LogP contribution is 2.51. The van der Waals surface area contributed by atoms with Crippen molar-refractivity contribution in [2.45, 2.75) is 44.9 Å². The summed E-state index contributed by atoms with van der Waals surface area (Å²) in [7, 11) is 0. The molecule has 1 saturated heterocycles. The maximum Gasteiger partial charge on any atom is 0.416 e. The van der Waals surface area contributed by atoms with E-state index in [1.165, 1.54) is 11.6 Å². The summed E-state index contributed by atoms with van der Waals surface area (Å²) >= 11 is 0. The number of hydrogen-bond donors (Lipinski definition) is 0. The number of esters is 1. The fourth-order valence-corrected chi connectivity index (χ4v) is 5.81. The summed E-state index contributed by atoms with van der Waals surface area (Å²) in [6.07, 6.45) is 7.75. The Hall–Kier alpha value is -2.89. The molecule has 1 saturated carbocycles. The van der Waals surface area contributed by atoms with Gasteiger partial charge in [-0.05, 0) is 74.3 Å². The highest BCUT2D eigenvalue weighted by atomic mass is 19.4. The molecule has 1 aromatic heterocycles. The van der Waals surface area contributed by atoms with Crippen molar-refractivity contribution < 1.29 is 22.7 Å². The highest BCUT2D eigenvalue weighted by molar-refractivity contribution is 5.76. The van der Waals surface area contributed by atoms with Crippen LogP contribution in [0.1, 0.15) is 43.9 Å². The summed E-state index contributed by atoms with van der Waals surface area (Å²) < 4.78 is 44.7. The zero-order valence-electron chi connectivity index (χ0n) is 18.4. The lowest BCUT2D eigenvalue weighted by Crippen LogP contribution is -2.38. The molecular weight excluding hydrogens is 427 g/mol. The third-order valence-electron chi connectivity index (χ3n) is 7.38. The van der Waals surface area contributed by atoms with Crippen molar-refractivity contribution in [2.24, 2.45) is 23.7 Å². The zero-order chi connectivity index (χ0) is 23.2. The molecule has 1 aliphatic heterocycles. The van der Waals surface area contributed by atoms with Gasteiger partial charge in [-0.1, -0.05) is 35.9 Å². The van der Waals surface area contributed by atoms with Crippen LogP contribution >= 0.6 is 0 Å². The molecule has 0 bridgehead atoms. The molecular formula is C27H26F3NO2. The average Bonchev–Trinajstić information content (AvgIpc) is 3.09. The number of alkyl halides is 3. The van der Waals surface area contributed by atoms with Crippen LogP contribution in [0.2, 0.25) is 0 Å². The monoisotopic (exact) mass is 453 g/mol. The Bertz CT molecular complexity index is 1100. The number of halogens is 3. The van der Waals surface area contributed by atoms with Gasteiger partial charge in [-0.2, -0.15) is 13.2 Å². The van der Waals surface area contributed by atoms with Crippen molar-refractivity contribution in [3.63, 3.8) is 0 Å². The number of carbonyl (C=O) groups excluding carboxylic acids is 1. The summed E-state index contributed by atoms with van der Waals surface area (Å²) in [5.41, 5.74) is 2.57. The summed E-state index contributed by atoms with van der Waals surface area (Å²) in [6, 6.07) is 8.89. The molecule has 0 radical (unpaired) electrons. The molecule has 0 unspecified atom stereocenters. The molecule has 5 rings (SSSR count). The number of cyclic esters (lactones) is 1. The first-order valence-corrected chi connectivity index (χ1v) is 11.5. The van der Waals surface area contributed by atoms with Crippen LogP contribution in [0, 0.1) is 23.7 Å². The minimum atomic E-state index is -4.38. The van der Waals surface area contributed by atoms with Crippen LogP contribution in [0.4, 0.5) is 13.2 Å². The van der Waals surface area contributed by atoms with Crippen LogP contribution in [0.15, 0.2) is 60.3 Å². The molecule has 6 heteroatoms. The van der Waals surface area contributed by atoms with Gasteiger partial charge in [-0.25, -0.2) is 0 Å².